The first-order chi connectivity index (χ1) is 10.6. The third kappa shape index (κ3) is 3.10. The predicted molar refractivity (Wildman–Crippen MR) is 81.5 cm³/mol. The molecule has 1 amide bonds. The number of nitrogens with one attached hydrogen (secondary N) is 2. The standard InChI is InChI=1S/C14H20N6O2/c1-9(2)22-14(21)20-5-3-10(4-6-20)19-13-11-12(16-7-15-11)17-8-18-13/h7-10H,3-6H2,1-2H3,(H2,15,16,17,18,19). The number of piperidine rings is 1. The highest BCUT2D eigenvalue weighted by atomic mass is 16.6. The molecule has 1 fully saturated rings. The third-order valence-electron chi connectivity index (χ3n) is 3.65. The summed E-state index contributed by atoms with van der Waals surface area (Å²) in [4.78, 5) is 29.1. The first-order valence-electron chi connectivity index (χ1n) is 7.49. The minimum Gasteiger partial charge on any atom is -0.447 e. The molecule has 8 nitrogen and oxygen atoms in total. The maximum absolute atomic E-state index is 11.9. The molecule has 22 heavy (non-hydrogen) atoms. The SMILES string of the molecule is CC(C)OC(=O)N1CCC(Nc2ncnc3nc[nH]c23)CC1. The summed E-state index contributed by atoms with van der Waals surface area (Å²) in [6.07, 6.45) is 4.50. The number of hydrogen-bond donors (Lipinski definition) is 2. The summed E-state index contributed by atoms with van der Waals surface area (Å²) < 4.78 is 5.22. The van der Waals surface area contributed by atoms with E-state index in [4.69, 9.17) is 4.74 Å². The van der Waals surface area contributed by atoms with Crippen LogP contribution in [0.4, 0.5) is 10.6 Å². The van der Waals surface area contributed by atoms with Crippen molar-refractivity contribution in [2.75, 3.05) is 18.4 Å². The zero-order valence-electron chi connectivity index (χ0n) is 12.7. The van der Waals surface area contributed by atoms with Gasteiger partial charge in [-0.25, -0.2) is 19.7 Å². The Balaban J connectivity index is 1.58. The monoisotopic (exact) mass is 304 g/mol. The highest BCUT2D eigenvalue weighted by molar-refractivity contribution is 5.82. The molecule has 1 saturated heterocycles. The fourth-order valence-electron chi connectivity index (χ4n) is 2.55. The molecule has 2 N–H and O–H groups in total. The Morgan fingerprint density at radius 3 is 2.86 bits per heavy atom. The lowest BCUT2D eigenvalue weighted by Gasteiger charge is -2.32. The Morgan fingerprint density at radius 2 is 2.14 bits per heavy atom. The number of aromatic nitrogens is 4. The number of hydrogen-bond acceptors (Lipinski definition) is 6. The average molecular weight is 304 g/mol. The van der Waals surface area contributed by atoms with Crippen LogP contribution < -0.4 is 5.32 Å². The molecule has 0 radical (unpaired) electrons. The van der Waals surface area contributed by atoms with Gasteiger partial charge in [-0.15, -0.1) is 0 Å². The molecular weight excluding hydrogens is 284 g/mol. The van der Waals surface area contributed by atoms with E-state index in [1.165, 1.54) is 6.33 Å². The van der Waals surface area contributed by atoms with Gasteiger partial charge in [-0.05, 0) is 26.7 Å². The molecule has 8 heteroatoms. The number of ether oxygens (including phenoxy) is 1. The number of rotatable bonds is 3. The second-order valence-corrected chi connectivity index (χ2v) is 5.66. The molecular formula is C14H20N6O2. The summed E-state index contributed by atoms with van der Waals surface area (Å²) in [5, 5.41) is 3.41. The minimum atomic E-state index is -0.230. The number of amides is 1. The second-order valence-electron chi connectivity index (χ2n) is 5.66. The molecule has 0 aliphatic carbocycles. The van der Waals surface area contributed by atoms with Crippen molar-refractivity contribution in [3.05, 3.63) is 12.7 Å². The van der Waals surface area contributed by atoms with Gasteiger partial charge < -0.3 is 19.9 Å². The van der Waals surface area contributed by atoms with Gasteiger partial charge in [0, 0.05) is 19.1 Å². The Morgan fingerprint density at radius 1 is 1.36 bits per heavy atom. The average Bonchev–Trinajstić information content (AvgIpc) is 2.97. The van der Waals surface area contributed by atoms with E-state index in [-0.39, 0.29) is 18.2 Å². The zero-order valence-corrected chi connectivity index (χ0v) is 12.7. The van der Waals surface area contributed by atoms with Crippen LogP contribution in [0.3, 0.4) is 0 Å². The Labute approximate surface area is 128 Å². The smallest absolute Gasteiger partial charge is 0.410 e. The molecule has 3 rings (SSSR count). The van der Waals surface area contributed by atoms with Crippen molar-refractivity contribution >= 4 is 23.1 Å². The Kier molecular flexibility index (Phi) is 4.08. The lowest BCUT2D eigenvalue weighted by atomic mass is 10.1. The summed E-state index contributed by atoms with van der Waals surface area (Å²) in [7, 11) is 0. The van der Waals surface area contributed by atoms with Gasteiger partial charge in [-0.2, -0.15) is 0 Å². The van der Waals surface area contributed by atoms with Crippen molar-refractivity contribution in [3.63, 3.8) is 0 Å². The van der Waals surface area contributed by atoms with Crippen molar-refractivity contribution in [1.82, 2.24) is 24.8 Å². The molecule has 1 aliphatic heterocycles. The first-order valence-corrected chi connectivity index (χ1v) is 7.49. The molecule has 1 aliphatic rings. The van der Waals surface area contributed by atoms with Gasteiger partial charge in [0.15, 0.2) is 11.5 Å². The van der Waals surface area contributed by atoms with E-state index in [0.717, 1.165) is 24.2 Å². The third-order valence-corrected chi connectivity index (χ3v) is 3.65. The maximum Gasteiger partial charge on any atom is 0.410 e. The number of H-pyrrole nitrogens is 1. The van der Waals surface area contributed by atoms with E-state index >= 15 is 0 Å². The molecule has 3 heterocycles. The van der Waals surface area contributed by atoms with Crippen LogP contribution in [0.25, 0.3) is 11.2 Å². The van der Waals surface area contributed by atoms with Gasteiger partial charge in [-0.3, -0.25) is 0 Å². The van der Waals surface area contributed by atoms with Crippen molar-refractivity contribution < 1.29 is 9.53 Å². The molecule has 0 saturated carbocycles. The fraction of sp³-hybridized carbons (Fsp3) is 0.571. The normalized spacial score (nSPS) is 16.2. The Hall–Kier alpha value is -2.38. The fourth-order valence-corrected chi connectivity index (χ4v) is 2.55. The zero-order chi connectivity index (χ0) is 15.5. The molecule has 0 bridgehead atoms. The number of imidazole rings is 1. The van der Waals surface area contributed by atoms with Crippen molar-refractivity contribution in [2.45, 2.75) is 38.8 Å². The van der Waals surface area contributed by atoms with Gasteiger partial charge >= 0.3 is 6.09 Å². The number of anilines is 1. The van der Waals surface area contributed by atoms with Gasteiger partial charge in [0.1, 0.15) is 11.8 Å². The molecule has 2 aromatic heterocycles. The van der Waals surface area contributed by atoms with Gasteiger partial charge in [0.05, 0.1) is 12.4 Å². The summed E-state index contributed by atoms with van der Waals surface area (Å²) in [5.74, 6) is 0.755. The van der Waals surface area contributed by atoms with E-state index in [0.29, 0.717) is 18.7 Å². The lowest BCUT2D eigenvalue weighted by molar-refractivity contribution is 0.0701. The quantitative estimate of drug-likeness (QED) is 0.897. The molecule has 0 atom stereocenters. The lowest BCUT2D eigenvalue weighted by Crippen LogP contribution is -2.43. The van der Waals surface area contributed by atoms with Gasteiger partial charge in [0.25, 0.3) is 0 Å². The van der Waals surface area contributed by atoms with Crippen molar-refractivity contribution in [3.8, 4) is 0 Å². The van der Waals surface area contributed by atoms with Crippen LogP contribution in [0.2, 0.25) is 0 Å². The van der Waals surface area contributed by atoms with Gasteiger partial charge in [0.2, 0.25) is 0 Å². The van der Waals surface area contributed by atoms with Crippen molar-refractivity contribution in [2.24, 2.45) is 0 Å². The predicted octanol–water partition coefficient (Wildman–Crippen LogP) is 1.77. The summed E-state index contributed by atoms with van der Waals surface area (Å²) in [5.41, 5.74) is 1.46. The highest BCUT2D eigenvalue weighted by Crippen LogP contribution is 2.20. The largest absolute Gasteiger partial charge is 0.447 e. The van der Waals surface area contributed by atoms with Crippen molar-refractivity contribution in [1.29, 1.82) is 0 Å². The maximum atomic E-state index is 11.9. The number of carbonyl (C=O) groups excluding carboxylic acids is 1. The van der Waals surface area contributed by atoms with Crippen LogP contribution in [0.1, 0.15) is 26.7 Å². The van der Waals surface area contributed by atoms with Crippen LogP contribution in [0.5, 0.6) is 0 Å². The van der Waals surface area contributed by atoms with Crippen LogP contribution in [0, 0.1) is 0 Å². The molecule has 118 valence electrons. The number of likely N-dealkylation sites (tertiary alicyclic amines) is 1. The van der Waals surface area contributed by atoms with Crippen LogP contribution >= 0.6 is 0 Å². The van der Waals surface area contributed by atoms with E-state index in [1.54, 1.807) is 11.2 Å². The first kappa shape index (κ1) is 14.6. The van der Waals surface area contributed by atoms with Gasteiger partial charge in [-0.1, -0.05) is 0 Å². The number of carbonyl (C=O) groups is 1. The van der Waals surface area contributed by atoms with Crippen LogP contribution in [0.15, 0.2) is 12.7 Å². The Bertz CT molecular complexity index is 648. The summed E-state index contributed by atoms with van der Waals surface area (Å²) in [6.45, 7) is 5.08. The summed E-state index contributed by atoms with van der Waals surface area (Å²) >= 11 is 0. The van der Waals surface area contributed by atoms with E-state index < -0.39 is 0 Å². The molecule has 0 spiro atoms. The topological polar surface area (TPSA) is 96.0 Å². The van der Waals surface area contributed by atoms with Crippen LogP contribution in [-0.4, -0.2) is 56.2 Å². The molecule has 0 aromatic carbocycles. The summed E-state index contributed by atoms with van der Waals surface area (Å²) in [6, 6.07) is 0.268. The number of aromatic amines is 1. The molecule has 2 aromatic rings. The van der Waals surface area contributed by atoms with E-state index in [1.807, 2.05) is 13.8 Å². The second kappa shape index (κ2) is 6.17. The van der Waals surface area contributed by atoms with Crippen LogP contribution in [-0.2, 0) is 4.74 Å². The van der Waals surface area contributed by atoms with E-state index in [9.17, 15) is 4.79 Å². The highest BCUT2D eigenvalue weighted by Gasteiger charge is 2.24. The molecule has 0 unspecified atom stereocenters. The van der Waals surface area contributed by atoms with E-state index in [2.05, 4.69) is 25.3 Å². The number of nitrogens with zero attached hydrogens (tertiary/aromatic N) is 4. The number of fused-ring (bicyclic) bond motifs is 1. The minimum absolute atomic E-state index is 0.0852.